The van der Waals surface area contributed by atoms with Crippen molar-refractivity contribution in [3.63, 3.8) is 0 Å². The number of carbonyl (C=O) groups excluding carboxylic acids is 2. The van der Waals surface area contributed by atoms with Crippen molar-refractivity contribution in [3.8, 4) is 10.8 Å². The second kappa shape index (κ2) is 9.47. The van der Waals surface area contributed by atoms with Crippen LogP contribution in [0.15, 0.2) is 46.2 Å². The highest BCUT2D eigenvalue weighted by atomic mass is 32.1. The van der Waals surface area contributed by atoms with Crippen LogP contribution >= 0.6 is 11.3 Å². The summed E-state index contributed by atoms with van der Waals surface area (Å²) < 4.78 is 11.2. The van der Waals surface area contributed by atoms with Gasteiger partial charge in [0.15, 0.2) is 0 Å². The number of amides is 1. The first-order chi connectivity index (χ1) is 15.0. The molecule has 0 unspecified atom stereocenters. The first-order valence-corrected chi connectivity index (χ1v) is 11.5. The van der Waals surface area contributed by atoms with Crippen molar-refractivity contribution in [2.45, 2.75) is 51.7 Å². The molecule has 1 fully saturated rings. The molecule has 162 valence electrons. The minimum atomic E-state index is -0.541. The van der Waals surface area contributed by atoms with Gasteiger partial charge in [-0.05, 0) is 43.3 Å². The molecule has 0 atom stereocenters. The summed E-state index contributed by atoms with van der Waals surface area (Å²) in [5.41, 5.74) is 1.21. The third-order valence-electron chi connectivity index (χ3n) is 5.78. The Morgan fingerprint density at radius 3 is 2.58 bits per heavy atom. The highest BCUT2D eigenvalue weighted by Gasteiger charge is 2.26. The predicted octanol–water partition coefficient (Wildman–Crippen LogP) is 5.47. The van der Waals surface area contributed by atoms with E-state index in [1.807, 2.05) is 24.6 Å². The van der Waals surface area contributed by atoms with Gasteiger partial charge in [-0.25, -0.2) is 9.78 Å². The van der Waals surface area contributed by atoms with Crippen LogP contribution < -0.4 is 0 Å². The summed E-state index contributed by atoms with van der Waals surface area (Å²) in [4.78, 5) is 33.1. The van der Waals surface area contributed by atoms with Crippen LogP contribution in [-0.4, -0.2) is 34.8 Å². The Labute approximate surface area is 185 Å². The Balaban J connectivity index is 1.46. The summed E-state index contributed by atoms with van der Waals surface area (Å²) in [7, 11) is 1.82. The van der Waals surface area contributed by atoms with E-state index in [1.54, 1.807) is 36.1 Å². The number of esters is 1. The van der Waals surface area contributed by atoms with Crippen molar-refractivity contribution in [2.75, 3.05) is 7.05 Å². The molecule has 0 radical (unpaired) electrons. The summed E-state index contributed by atoms with van der Waals surface area (Å²) in [6, 6.07) is 10.9. The number of hydrogen-bond donors (Lipinski definition) is 0. The van der Waals surface area contributed by atoms with Crippen LogP contribution in [-0.2, 0) is 11.3 Å². The summed E-state index contributed by atoms with van der Waals surface area (Å²) in [5.74, 6) is 0.443. The van der Waals surface area contributed by atoms with Gasteiger partial charge in [0.05, 0.1) is 16.0 Å². The van der Waals surface area contributed by atoms with Crippen molar-refractivity contribution in [1.29, 1.82) is 0 Å². The quantitative estimate of drug-likeness (QED) is 0.477. The van der Waals surface area contributed by atoms with Crippen LogP contribution in [0.2, 0.25) is 0 Å². The number of aromatic nitrogens is 1. The van der Waals surface area contributed by atoms with Crippen molar-refractivity contribution < 1.29 is 18.7 Å². The lowest BCUT2D eigenvalue weighted by Crippen LogP contribution is -2.38. The Bertz CT molecular complexity index is 1050. The van der Waals surface area contributed by atoms with Gasteiger partial charge in [0.25, 0.3) is 5.91 Å². The Kier molecular flexibility index (Phi) is 6.51. The molecular weight excluding hydrogens is 412 g/mol. The molecule has 1 aromatic carbocycles. The molecule has 31 heavy (non-hydrogen) atoms. The average Bonchev–Trinajstić information content (AvgIpc) is 3.47. The molecule has 3 aromatic rings. The van der Waals surface area contributed by atoms with Gasteiger partial charge in [0.1, 0.15) is 18.1 Å². The molecule has 1 aliphatic rings. The number of carbonyl (C=O) groups is 2. The van der Waals surface area contributed by atoms with Crippen molar-refractivity contribution in [1.82, 2.24) is 9.88 Å². The summed E-state index contributed by atoms with van der Waals surface area (Å²) in [6.07, 6.45) is 5.50. The molecule has 2 aromatic heterocycles. The van der Waals surface area contributed by atoms with Crippen molar-refractivity contribution in [2.24, 2.45) is 0 Å². The molecular formula is C24H26N2O4S. The topological polar surface area (TPSA) is 72.6 Å². The van der Waals surface area contributed by atoms with Crippen LogP contribution in [0.3, 0.4) is 0 Å². The van der Waals surface area contributed by atoms with Gasteiger partial charge in [-0.15, -0.1) is 11.3 Å². The SMILES string of the molecule is Cc1oc(-c2cccs2)nc1COC(=O)c1ccccc1C(=O)N(C)C1CCCCC1. The lowest BCUT2D eigenvalue weighted by molar-refractivity contribution is 0.0459. The molecule has 0 saturated heterocycles. The van der Waals surface area contributed by atoms with Crippen LogP contribution in [0.1, 0.15) is 64.3 Å². The predicted molar refractivity (Wildman–Crippen MR) is 119 cm³/mol. The maximum Gasteiger partial charge on any atom is 0.339 e. The van der Waals surface area contributed by atoms with Gasteiger partial charge >= 0.3 is 5.97 Å². The van der Waals surface area contributed by atoms with Gasteiger partial charge in [0.2, 0.25) is 5.89 Å². The summed E-state index contributed by atoms with van der Waals surface area (Å²) in [6.45, 7) is 1.78. The van der Waals surface area contributed by atoms with Gasteiger partial charge in [-0.3, -0.25) is 4.79 Å². The molecule has 1 saturated carbocycles. The van der Waals surface area contributed by atoms with Crippen LogP contribution in [0, 0.1) is 6.92 Å². The number of oxazole rings is 1. The lowest BCUT2D eigenvalue weighted by atomic mass is 9.94. The molecule has 1 aliphatic carbocycles. The first kappa shape index (κ1) is 21.3. The zero-order chi connectivity index (χ0) is 21.8. The van der Waals surface area contributed by atoms with E-state index in [0.717, 1.165) is 30.6 Å². The largest absolute Gasteiger partial charge is 0.455 e. The number of thiophene rings is 1. The fourth-order valence-electron chi connectivity index (χ4n) is 3.95. The summed E-state index contributed by atoms with van der Waals surface area (Å²) in [5, 5.41) is 1.95. The molecule has 0 N–H and O–H groups in total. The van der Waals surface area contributed by atoms with Crippen molar-refractivity contribution >= 4 is 23.2 Å². The van der Waals surface area contributed by atoms with E-state index in [0.29, 0.717) is 22.9 Å². The van der Waals surface area contributed by atoms with E-state index in [-0.39, 0.29) is 24.1 Å². The number of ether oxygens (including phenoxy) is 1. The number of nitrogens with zero attached hydrogens (tertiary/aromatic N) is 2. The molecule has 6 nitrogen and oxygen atoms in total. The van der Waals surface area contributed by atoms with Crippen LogP contribution in [0.25, 0.3) is 10.8 Å². The third-order valence-corrected chi connectivity index (χ3v) is 6.64. The summed E-state index contributed by atoms with van der Waals surface area (Å²) >= 11 is 1.53. The van der Waals surface area contributed by atoms with Gasteiger partial charge < -0.3 is 14.1 Å². The van der Waals surface area contributed by atoms with Gasteiger partial charge in [0, 0.05) is 13.1 Å². The van der Waals surface area contributed by atoms with Crippen LogP contribution in [0.5, 0.6) is 0 Å². The van der Waals surface area contributed by atoms with E-state index in [4.69, 9.17) is 9.15 Å². The van der Waals surface area contributed by atoms with E-state index < -0.39 is 5.97 Å². The van der Waals surface area contributed by atoms with E-state index in [1.165, 1.54) is 17.8 Å². The maximum absolute atomic E-state index is 13.1. The lowest BCUT2D eigenvalue weighted by Gasteiger charge is -2.31. The molecule has 0 aliphatic heterocycles. The van der Waals surface area contributed by atoms with E-state index in [2.05, 4.69) is 4.98 Å². The highest BCUT2D eigenvalue weighted by Crippen LogP contribution is 2.27. The minimum absolute atomic E-state index is 0.0134. The average molecular weight is 439 g/mol. The standard InChI is InChI=1S/C24H26N2O4S/c1-16-20(25-22(30-16)21-13-8-14-31-21)15-29-24(28)19-12-7-6-11-18(19)23(27)26(2)17-9-4-3-5-10-17/h6-8,11-14,17H,3-5,9-10,15H2,1-2H3. The molecule has 0 spiro atoms. The Morgan fingerprint density at radius 1 is 1.13 bits per heavy atom. The van der Waals surface area contributed by atoms with Gasteiger partial charge in [-0.2, -0.15) is 0 Å². The minimum Gasteiger partial charge on any atom is -0.455 e. The molecule has 0 bridgehead atoms. The van der Waals surface area contributed by atoms with Crippen LogP contribution in [0.4, 0.5) is 0 Å². The zero-order valence-corrected chi connectivity index (χ0v) is 18.6. The molecule has 7 heteroatoms. The van der Waals surface area contributed by atoms with Gasteiger partial charge in [-0.1, -0.05) is 37.5 Å². The monoisotopic (exact) mass is 438 g/mol. The highest BCUT2D eigenvalue weighted by molar-refractivity contribution is 7.13. The normalized spacial score (nSPS) is 14.4. The second-order valence-electron chi connectivity index (χ2n) is 7.83. The fraction of sp³-hybridized carbons (Fsp3) is 0.375. The Morgan fingerprint density at radius 2 is 1.87 bits per heavy atom. The fourth-order valence-corrected chi connectivity index (χ4v) is 4.60. The number of aryl methyl sites for hydroxylation is 1. The Hall–Kier alpha value is -2.93. The van der Waals surface area contributed by atoms with E-state index >= 15 is 0 Å². The first-order valence-electron chi connectivity index (χ1n) is 10.6. The number of benzene rings is 1. The maximum atomic E-state index is 13.1. The smallest absolute Gasteiger partial charge is 0.339 e. The zero-order valence-electron chi connectivity index (χ0n) is 17.8. The number of rotatable bonds is 6. The molecule has 2 heterocycles. The number of hydrogen-bond acceptors (Lipinski definition) is 6. The second-order valence-corrected chi connectivity index (χ2v) is 8.78. The van der Waals surface area contributed by atoms with Crippen molar-refractivity contribution in [3.05, 3.63) is 64.4 Å². The van der Waals surface area contributed by atoms with E-state index in [9.17, 15) is 9.59 Å². The third kappa shape index (κ3) is 4.71. The molecule has 1 amide bonds. The molecule has 4 rings (SSSR count).